The number of hydrogen-bond acceptors (Lipinski definition) is 3. The highest BCUT2D eigenvalue weighted by molar-refractivity contribution is 5.87. The van der Waals surface area contributed by atoms with Gasteiger partial charge in [-0.25, -0.2) is 4.39 Å². The summed E-state index contributed by atoms with van der Waals surface area (Å²) in [5, 5.41) is 2.71. The van der Waals surface area contributed by atoms with Gasteiger partial charge in [0.25, 0.3) is 5.91 Å². The third-order valence-electron chi connectivity index (χ3n) is 3.05. The fourth-order valence-electron chi connectivity index (χ4n) is 2.02. The van der Waals surface area contributed by atoms with Gasteiger partial charge in [-0.15, -0.1) is 0 Å². The van der Waals surface area contributed by atoms with Gasteiger partial charge in [-0.1, -0.05) is 0 Å². The fourth-order valence-corrected chi connectivity index (χ4v) is 2.02. The molecule has 1 unspecified atom stereocenters. The predicted molar refractivity (Wildman–Crippen MR) is 70.7 cm³/mol. The monoisotopic (exact) mass is 280 g/mol. The molecule has 0 aliphatic carbocycles. The van der Waals surface area contributed by atoms with Gasteiger partial charge in [0.2, 0.25) is 5.91 Å². The van der Waals surface area contributed by atoms with E-state index in [1.165, 1.54) is 29.2 Å². The van der Waals surface area contributed by atoms with Crippen molar-refractivity contribution in [3.63, 3.8) is 0 Å². The van der Waals surface area contributed by atoms with Crippen molar-refractivity contribution in [2.75, 3.05) is 19.6 Å². The average Bonchev–Trinajstić information content (AvgIpc) is 2.65. The maximum atomic E-state index is 12.8. The van der Waals surface area contributed by atoms with E-state index < -0.39 is 6.10 Å². The Morgan fingerprint density at radius 3 is 2.80 bits per heavy atom. The van der Waals surface area contributed by atoms with E-state index in [9.17, 15) is 14.0 Å². The van der Waals surface area contributed by atoms with Crippen molar-refractivity contribution in [2.45, 2.75) is 19.4 Å². The van der Waals surface area contributed by atoms with Gasteiger partial charge in [0.05, 0.1) is 6.54 Å². The molecule has 6 heteroatoms. The Morgan fingerprint density at radius 1 is 1.40 bits per heavy atom. The van der Waals surface area contributed by atoms with Gasteiger partial charge >= 0.3 is 0 Å². The van der Waals surface area contributed by atoms with E-state index in [2.05, 4.69) is 5.32 Å². The zero-order valence-electron chi connectivity index (χ0n) is 11.3. The summed E-state index contributed by atoms with van der Waals surface area (Å²) in [6.07, 6.45) is 0.00663. The first-order chi connectivity index (χ1) is 9.56. The van der Waals surface area contributed by atoms with Crippen LogP contribution in [-0.4, -0.2) is 42.5 Å². The van der Waals surface area contributed by atoms with Crippen LogP contribution in [0.25, 0.3) is 0 Å². The molecule has 1 N–H and O–H groups in total. The summed E-state index contributed by atoms with van der Waals surface area (Å²) in [5.74, 6) is -0.344. The van der Waals surface area contributed by atoms with Crippen LogP contribution in [-0.2, 0) is 9.59 Å². The second kappa shape index (κ2) is 6.36. The van der Waals surface area contributed by atoms with Crippen molar-refractivity contribution in [1.82, 2.24) is 10.2 Å². The molecule has 2 rings (SSSR count). The zero-order chi connectivity index (χ0) is 14.5. The fraction of sp³-hybridized carbons (Fsp3) is 0.429. The van der Waals surface area contributed by atoms with E-state index in [0.717, 1.165) is 6.42 Å². The van der Waals surface area contributed by atoms with Crippen molar-refractivity contribution in [1.29, 1.82) is 0 Å². The minimum Gasteiger partial charge on any atom is -0.481 e. The first-order valence-electron chi connectivity index (χ1n) is 6.54. The van der Waals surface area contributed by atoms with Crippen molar-refractivity contribution < 1.29 is 18.7 Å². The zero-order valence-corrected chi connectivity index (χ0v) is 11.3. The van der Waals surface area contributed by atoms with Crippen molar-refractivity contribution >= 4 is 11.8 Å². The number of nitrogens with one attached hydrogen (secondary N) is 1. The molecule has 0 aromatic heterocycles. The van der Waals surface area contributed by atoms with Crippen LogP contribution in [0.1, 0.15) is 13.3 Å². The highest BCUT2D eigenvalue weighted by Crippen LogP contribution is 2.14. The quantitative estimate of drug-likeness (QED) is 0.896. The number of ether oxygens (including phenoxy) is 1. The van der Waals surface area contributed by atoms with Gasteiger partial charge in [-0.3, -0.25) is 9.59 Å². The molecular formula is C14H17FN2O3. The van der Waals surface area contributed by atoms with Crippen LogP contribution < -0.4 is 10.1 Å². The van der Waals surface area contributed by atoms with Gasteiger partial charge in [-0.05, 0) is 37.6 Å². The maximum absolute atomic E-state index is 12.8. The summed E-state index contributed by atoms with van der Waals surface area (Å²) >= 11 is 0. The molecule has 1 atom stereocenters. The van der Waals surface area contributed by atoms with Crippen LogP contribution >= 0.6 is 0 Å². The Morgan fingerprint density at radius 2 is 2.10 bits per heavy atom. The normalized spacial score (nSPS) is 17.1. The average molecular weight is 280 g/mol. The molecular weight excluding hydrogens is 263 g/mol. The van der Waals surface area contributed by atoms with Gasteiger partial charge in [-0.2, -0.15) is 0 Å². The molecule has 5 nitrogen and oxygen atoms in total. The predicted octanol–water partition coefficient (Wildman–Crippen LogP) is 0.941. The molecule has 1 saturated heterocycles. The van der Waals surface area contributed by atoms with E-state index >= 15 is 0 Å². The summed E-state index contributed by atoms with van der Waals surface area (Å²) < 4.78 is 18.3. The lowest BCUT2D eigenvalue weighted by Crippen LogP contribution is -2.43. The number of carbonyl (C=O) groups is 2. The van der Waals surface area contributed by atoms with Crippen LogP contribution in [0.2, 0.25) is 0 Å². The highest BCUT2D eigenvalue weighted by atomic mass is 19.1. The van der Waals surface area contributed by atoms with Gasteiger partial charge in [0.15, 0.2) is 6.10 Å². The number of benzene rings is 1. The third kappa shape index (κ3) is 3.69. The van der Waals surface area contributed by atoms with E-state index in [4.69, 9.17) is 4.74 Å². The molecule has 1 fully saturated rings. The Hall–Kier alpha value is -2.11. The summed E-state index contributed by atoms with van der Waals surface area (Å²) in [6.45, 7) is 2.77. The Bertz CT molecular complexity index is 490. The van der Waals surface area contributed by atoms with Crippen LogP contribution in [0, 0.1) is 5.82 Å². The molecule has 1 aliphatic rings. The standard InChI is InChI=1S/C14H17FN2O3/c1-10(20-12-5-3-11(15)4-6-12)14(19)17-8-2-7-16-13(18)9-17/h3-6,10H,2,7-9H2,1H3,(H,16,18). The van der Waals surface area contributed by atoms with Crippen LogP contribution in [0.3, 0.4) is 0 Å². The molecule has 1 aliphatic heterocycles. The number of rotatable bonds is 3. The first-order valence-corrected chi connectivity index (χ1v) is 6.54. The summed E-state index contributed by atoms with van der Waals surface area (Å²) in [7, 11) is 0. The largest absolute Gasteiger partial charge is 0.481 e. The first kappa shape index (κ1) is 14.3. The van der Waals surface area contributed by atoms with Gasteiger partial charge in [0, 0.05) is 13.1 Å². The molecule has 20 heavy (non-hydrogen) atoms. The molecule has 0 bridgehead atoms. The Kier molecular flexibility index (Phi) is 4.55. The second-order valence-corrected chi connectivity index (χ2v) is 4.68. The molecule has 0 saturated carbocycles. The van der Waals surface area contributed by atoms with E-state index in [0.29, 0.717) is 18.8 Å². The van der Waals surface area contributed by atoms with E-state index in [1.807, 2.05) is 0 Å². The smallest absolute Gasteiger partial charge is 0.263 e. The third-order valence-corrected chi connectivity index (χ3v) is 3.05. The summed E-state index contributed by atoms with van der Waals surface area (Å²) in [5.41, 5.74) is 0. The molecule has 0 radical (unpaired) electrons. The Labute approximate surface area is 116 Å². The van der Waals surface area contributed by atoms with Gasteiger partial charge < -0.3 is 15.0 Å². The van der Waals surface area contributed by atoms with Crippen molar-refractivity contribution in [3.05, 3.63) is 30.1 Å². The van der Waals surface area contributed by atoms with Crippen LogP contribution in [0.4, 0.5) is 4.39 Å². The molecule has 0 spiro atoms. The van der Waals surface area contributed by atoms with E-state index in [1.54, 1.807) is 6.92 Å². The molecule has 108 valence electrons. The van der Waals surface area contributed by atoms with Crippen molar-refractivity contribution in [2.24, 2.45) is 0 Å². The molecule has 1 aromatic rings. The highest BCUT2D eigenvalue weighted by Gasteiger charge is 2.25. The summed E-state index contributed by atoms with van der Waals surface area (Å²) in [4.78, 5) is 25.1. The molecule has 2 amide bonds. The number of nitrogens with zero attached hydrogens (tertiary/aromatic N) is 1. The minimum atomic E-state index is -0.716. The maximum Gasteiger partial charge on any atom is 0.263 e. The van der Waals surface area contributed by atoms with Crippen molar-refractivity contribution in [3.8, 4) is 5.75 Å². The number of halogens is 1. The van der Waals surface area contributed by atoms with Crippen LogP contribution in [0.15, 0.2) is 24.3 Å². The van der Waals surface area contributed by atoms with Gasteiger partial charge in [0.1, 0.15) is 11.6 Å². The topological polar surface area (TPSA) is 58.6 Å². The summed E-state index contributed by atoms with van der Waals surface area (Å²) in [6, 6.07) is 5.47. The minimum absolute atomic E-state index is 0.0515. The number of amides is 2. The SMILES string of the molecule is CC(Oc1ccc(F)cc1)C(=O)N1CCCNC(=O)C1. The molecule has 1 heterocycles. The lowest BCUT2D eigenvalue weighted by Gasteiger charge is -2.23. The second-order valence-electron chi connectivity index (χ2n) is 4.68. The number of hydrogen-bond donors (Lipinski definition) is 1. The van der Waals surface area contributed by atoms with Crippen LogP contribution in [0.5, 0.6) is 5.75 Å². The lowest BCUT2D eigenvalue weighted by molar-refractivity contribution is -0.140. The number of carbonyl (C=O) groups excluding carboxylic acids is 2. The lowest BCUT2D eigenvalue weighted by atomic mass is 10.3. The Balaban J connectivity index is 1.97. The molecule has 1 aromatic carbocycles. The van der Waals surface area contributed by atoms with E-state index in [-0.39, 0.29) is 24.2 Å².